The van der Waals surface area contributed by atoms with E-state index < -0.39 is 0 Å². The van der Waals surface area contributed by atoms with E-state index in [1.165, 1.54) is 12.8 Å². The molecule has 1 unspecified atom stereocenters. The van der Waals surface area contributed by atoms with Gasteiger partial charge in [0.05, 0.1) is 0 Å². The molecule has 0 bridgehead atoms. The van der Waals surface area contributed by atoms with E-state index in [1.807, 2.05) is 13.8 Å². The van der Waals surface area contributed by atoms with Crippen molar-refractivity contribution in [2.45, 2.75) is 32.7 Å². The van der Waals surface area contributed by atoms with E-state index in [4.69, 9.17) is 5.73 Å². The zero-order chi connectivity index (χ0) is 10.8. The second kappa shape index (κ2) is 4.19. The Balaban J connectivity index is 2.24. The van der Waals surface area contributed by atoms with Crippen LogP contribution in [0.4, 0.5) is 5.82 Å². The SMILES string of the molecule is Cc1nc(N2CCCC2)ccc1C(C)N. The molecule has 1 aliphatic rings. The molecule has 0 saturated carbocycles. The smallest absolute Gasteiger partial charge is 0.128 e. The van der Waals surface area contributed by atoms with Gasteiger partial charge in [-0.2, -0.15) is 0 Å². The van der Waals surface area contributed by atoms with E-state index in [2.05, 4.69) is 22.0 Å². The molecule has 3 heteroatoms. The summed E-state index contributed by atoms with van der Waals surface area (Å²) in [5.41, 5.74) is 8.08. The molecule has 1 aliphatic heterocycles. The summed E-state index contributed by atoms with van der Waals surface area (Å²) in [7, 11) is 0. The summed E-state index contributed by atoms with van der Waals surface area (Å²) in [6.45, 7) is 6.33. The van der Waals surface area contributed by atoms with E-state index in [-0.39, 0.29) is 6.04 Å². The summed E-state index contributed by atoms with van der Waals surface area (Å²) in [6, 6.07) is 4.28. The summed E-state index contributed by atoms with van der Waals surface area (Å²) < 4.78 is 0. The Morgan fingerprint density at radius 2 is 2.00 bits per heavy atom. The van der Waals surface area contributed by atoms with Crippen molar-refractivity contribution in [2.24, 2.45) is 5.73 Å². The monoisotopic (exact) mass is 205 g/mol. The van der Waals surface area contributed by atoms with E-state index in [9.17, 15) is 0 Å². The quantitative estimate of drug-likeness (QED) is 0.803. The highest BCUT2D eigenvalue weighted by Gasteiger charge is 2.14. The normalized spacial score (nSPS) is 18.2. The molecule has 0 aliphatic carbocycles. The molecule has 15 heavy (non-hydrogen) atoms. The van der Waals surface area contributed by atoms with Crippen LogP contribution in [0.5, 0.6) is 0 Å². The summed E-state index contributed by atoms with van der Waals surface area (Å²) in [4.78, 5) is 6.97. The van der Waals surface area contributed by atoms with Crippen LogP contribution in [0.15, 0.2) is 12.1 Å². The molecule has 1 fully saturated rings. The number of hydrogen-bond donors (Lipinski definition) is 1. The Hall–Kier alpha value is -1.09. The van der Waals surface area contributed by atoms with Crippen molar-refractivity contribution in [3.63, 3.8) is 0 Å². The number of aromatic nitrogens is 1. The fourth-order valence-electron chi connectivity index (χ4n) is 2.16. The Morgan fingerprint density at radius 3 is 2.53 bits per heavy atom. The average Bonchev–Trinajstić information content (AvgIpc) is 2.69. The van der Waals surface area contributed by atoms with Gasteiger partial charge in [-0.05, 0) is 38.3 Å². The summed E-state index contributed by atoms with van der Waals surface area (Å²) in [6.07, 6.45) is 2.57. The largest absolute Gasteiger partial charge is 0.357 e. The number of aryl methyl sites for hydroxylation is 1. The van der Waals surface area contributed by atoms with Gasteiger partial charge in [-0.3, -0.25) is 0 Å². The predicted molar refractivity (Wildman–Crippen MR) is 63.0 cm³/mol. The van der Waals surface area contributed by atoms with Crippen LogP contribution in [0, 0.1) is 6.92 Å². The van der Waals surface area contributed by atoms with Crippen molar-refractivity contribution in [2.75, 3.05) is 18.0 Å². The lowest BCUT2D eigenvalue weighted by molar-refractivity contribution is 0.795. The number of hydrogen-bond acceptors (Lipinski definition) is 3. The molecular formula is C12H19N3. The Morgan fingerprint density at radius 1 is 1.33 bits per heavy atom. The van der Waals surface area contributed by atoms with Gasteiger partial charge in [0, 0.05) is 24.8 Å². The zero-order valence-electron chi connectivity index (χ0n) is 9.53. The van der Waals surface area contributed by atoms with Crippen LogP contribution >= 0.6 is 0 Å². The van der Waals surface area contributed by atoms with Gasteiger partial charge in [-0.1, -0.05) is 6.07 Å². The van der Waals surface area contributed by atoms with Crippen LogP contribution in [0.1, 0.15) is 37.1 Å². The van der Waals surface area contributed by atoms with Crippen LogP contribution in [0.3, 0.4) is 0 Å². The van der Waals surface area contributed by atoms with Gasteiger partial charge in [0.25, 0.3) is 0 Å². The van der Waals surface area contributed by atoms with Gasteiger partial charge in [0.2, 0.25) is 0 Å². The number of rotatable bonds is 2. The lowest BCUT2D eigenvalue weighted by atomic mass is 10.1. The maximum absolute atomic E-state index is 5.86. The van der Waals surface area contributed by atoms with Gasteiger partial charge >= 0.3 is 0 Å². The third-order valence-electron chi connectivity index (χ3n) is 3.03. The molecule has 1 aromatic heterocycles. The predicted octanol–water partition coefficient (Wildman–Crippen LogP) is 2.01. The number of nitrogens with two attached hydrogens (primary N) is 1. The molecule has 2 rings (SSSR count). The summed E-state index contributed by atoms with van der Waals surface area (Å²) in [5.74, 6) is 1.11. The van der Waals surface area contributed by atoms with Crippen LogP contribution in [0.25, 0.3) is 0 Å². The summed E-state index contributed by atoms with van der Waals surface area (Å²) in [5, 5.41) is 0. The average molecular weight is 205 g/mol. The molecule has 1 atom stereocenters. The first-order valence-electron chi connectivity index (χ1n) is 5.66. The van der Waals surface area contributed by atoms with Crippen LogP contribution < -0.4 is 10.6 Å². The Bertz CT molecular complexity index is 341. The Labute approximate surface area is 91.3 Å². The lowest BCUT2D eigenvalue weighted by Crippen LogP contribution is -2.20. The fourth-order valence-corrected chi connectivity index (χ4v) is 2.16. The van der Waals surface area contributed by atoms with E-state index in [0.29, 0.717) is 0 Å². The van der Waals surface area contributed by atoms with Gasteiger partial charge in [-0.25, -0.2) is 4.98 Å². The molecule has 2 N–H and O–H groups in total. The van der Waals surface area contributed by atoms with Crippen molar-refractivity contribution in [1.82, 2.24) is 4.98 Å². The number of nitrogens with zero attached hydrogens (tertiary/aromatic N) is 2. The van der Waals surface area contributed by atoms with E-state index in [0.717, 1.165) is 30.2 Å². The van der Waals surface area contributed by atoms with Crippen molar-refractivity contribution >= 4 is 5.82 Å². The second-order valence-electron chi connectivity index (χ2n) is 4.33. The number of anilines is 1. The van der Waals surface area contributed by atoms with Crippen molar-refractivity contribution < 1.29 is 0 Å². The molecule has 1 saturated heterocycles. The topological polar surface area (TPSA) is 42.2 Å². The van der Waals surface area contributed by atoms with Crippen molar-refractivity contribution in [3.8, 4) is 0 Å². The third-order valence-corrected chi connectivity index (χ3v) is 3.03. The lowest BCUT2D eigenvalue weighted by Gasteiger charge is -2.18. The van der Waals surface area contributed by atoms with E-state index >= 15 is 0 Å². The highest BCUT2D eigenvalue weighted by Crippen LogP contribution is 2.21. The van der Waals surface area contributed by atoms with E-state index in [1.54, 1.807) is 0 Å². The van der Waals surface area contributed by atoms with Crippen LogP contribution in [-0.2, 0) is 0 Å². The van der Waals surface area contributed by atoms with Gasteiger partial charge < -0.3 is 10.6 Å². The Kier molecular flexibility index (Phi) is 2.91. The molecule has 0 radical (unpaired) electrons. The first-order chi connectivity index (χ1) is 7.18. The molecule has 0 aromatic carbocycles. The third kappa shape index (κ3) is 2.12. The minimum atomic E-state index is 0.0742. The molecule has 1 aromatic rings. The summed E-state index contributed by atoms with van der Waals surface area (Å²) >= 11 is 0. The first kappa shape index (κ1) is 10.4. The highest BCUT2D eigenvalue weighted by molar-refractivity contribution is 5.43. The highest BCUT2D eigenvalue weighted by atomic mass is 15.2. The number of pyridine rings is 1. The molecule has 0 spiro atoms. The molecule has 0 amide bonds. The molecule has 82 valence electrons. The maximum atomic E-state index is 5.86. The molecule has 3 nitrogen and oxygen atoms in total. The minimum Gasteiger partial charge on any atom is -0.357 e. The molecule has 2 heterocycles. The fraction of sp³-hybridized carbons (Fsp3) is 0.583. The van der Waals surface area contributed by atoms with Gasteiger partial charge in [-0.15, -0.1) is 0 Å². The van der Waals surface area contributed by atoms with Crippen LogP contribution in [-0.4, -0.2) is 18.1 Å². The van der Waals surface area contributed by atoms with Crippen LogP contribution in [0.2, 0.25) is 0 Å². The van der Waals surface area contributed by atoms with Crippen molar-refractivity contribution in [3.05, 3.63) is 23.4 Å². The zero-order valence-corrected chi connectivity index (χ0v) is 9.53. The minimum absolute atomic E-state index is 0.0742. The van der Waals surface area contributed by atoms with Gasteiger partial charge in [0.1, 0.15) is 5.82 Å². The van der Waals surface area contributed by atoms with Gasteiger partial charge in [0.15, 0.2) is 0 Å². The standard InChI is InChI=1S/C12H19N3/c1-9(13)11-5-6-12(14-10(11)2)15-7-3-4-8-15/h5-6,9H,3-4,7-8,13H2,1-2H3. The maximum Gasteiger partial charge on any atom is 0.128 e. The van der Waals surface area contributed by atoms with Crippen molar-refractivity contribution in [1.29, 1.82) is 0 Å². The first-order valence-corrected chi connectivity index (χ1v) is 5.66. The second-order valence-corrected chi connectivity index (χ2v) is 4.33. The molecular weight excluding hydrogens is 186 g/mol.